The minimum absolute atomic E-state index is 0.0872. The predicted octanol–water partition coefficient (Wildman–Crippen LogP) is 1.49. The monoisotopic (exact) mass is 367 g/mol. The number of thioether (sulfide) groups is 1. The maximum atomic E-state index is 13.0. The first-order valence-corrected chi connectivity index (χ1v) is 9.82. The Morgan fingerprint density at radius 1 is 1.32 bits per heavy atom. The Hall–Kier alpha value is -1.15. The summed E-state index contributed by atoms with van der Waals surface area (Å²) in [5.74, 6) is -0.132. The Morgan fingerprint density at radius 3 is 2.84 bits per heavy atom. The van der Waals surface area contributed by atoms with Crippen LogP contribution >= 0.6 is 11.8 Å². The molecule has 1 aromatic rings. The van der Waals surface area contributed by atoms with E-state index in [2.05, 4.69) is 15.5 Å². The van der Waals surface area contributed by atoms with E-state index in [1.807, 2.05) is 0 Å². The number of carbonyl (C=O) groups excluding carboxylic acids is 1. The summed E-state index contributed by atoms with van der Waals surface area (Å²) in [7, 11) is 0. The van der Waals surface area contributed by atoms with Crippen LogP contribution in [0.3, 0.4) is 0 Å². The fourth-order valence-corrected chi connectivity index (χ4v) is 4.31. The zero-order chi connectivity index (χ0) is 17.5. The molecule has 0 radical (unpaired) electrons. The molecule has 25 heavy (non-hydrogen) atoms. The fourth-order valence-electron chi connectivity index (χ4n) is 3.16. The van der Waals surface area contributed by atoms with Crippen LogP contribution in [0.4, 0.5) is 4.39 Å². The van der Waals surface area contributed by atoms with Gasteiger partial charge in [0.15, 0.2) is 0 Å². The third-order valence-corrected chi connectivity index (χ3v) is 5.81. The van der Waals surface area contributed by atoms with Crippen molar-refractivity contribution in [1.29, 1.82) is 0 Å². The fraction of sp³-hybridized carbons (Fsp3) is 0.611. The first-order valence-electron chi connectivity index (χ1n) is 8.94. The van der Waals surface area contributed by atoms with Gasteiger partial charge in [-0.3, -0.25) is 9.69 Å². The van der Waals surface area contributed by atoms with Crippen molar-refractivity contribution >= 4 is 17.7 Å². The smallest absolute Gasteiger partial charge is 0.237 e. The second-order valence-electron chi connectivity index (χ2n) is 6.49. The molecule has 2 saturated heterocycles. The first-order chi connectivity index (χ1) is 12.2. The maximum Gasteiger partial charge on any atom is 0.237 e. The summed E-state index contributed by atoms with van der Waals surface area (Å²) in [6.45, 7) is 6.11. The molecule has 0 aliphatic carbocycles. The van der Waals surface area contributed by atoms with Gasteiger partial charge in [-0.15, -0.1) is 11.8 Å². The normalized spacial score (nSPS) is 24.4. The molecule has 2 fully saturated rings. The van der Waals surface area contributed by atoms with E-state index in [0.717, 1.165) is 57.1 Å². The molecule has 2 heterocycles. The molecule has 1 aromatic carbocycles. The molecule has 2 aliphatic heterocycles. The average Bonchev–Trinajstić information content (AvgIpc) is 3.10. The molecule has 0 spiro atoms. The van der Waals surface area contributed by atoms with Crippen LogP contribution in [0.1, 0.15) is 12.8 Å². The van der Waals surface area contributed by atoms with E-state index in [9.17, 15) is 9.18 Å². The summed E-state index contributed by atoms with van der Waals surface area (Å²) in [6, 6.07) is 6.41. The van der Waals surface area contributed by atoms with E-state index in [0.29, 0.717) is 11.8 Å². The van der Waals surface area contributed by atoms with Crippen LogP contribution in [-0.2, 0) is 9.53 Å². The highest BCUT2D eigenvalue weighted by Gasteiger charge is 2.29. The largest absolute Gasteiger partial charge is 0.379 e. The number of carbonyl (C=O) groups is 1. The minimum Gasteiger partial charge on any atom is -0.379 e. The number of hydrogen-bond donors (Lipinski definition) is 2. The van der Waals surface area contributed by atoms with Crippen LogP contribution in [0.15, 0.2) is 29.2 Å². The first kappa shape index (κ1) is 18.6. The van der Waals surface area contributed by atoms with Gasteiger partial charge in [0.2, 0.25) is 5.91 Å². The van der Waals surface area contributed by atoms with E-state index >= 15 is 0 Å². The van der Waals surface area contributed by atoms with E-state index < -0.39 is 0 Å². The van der Waals surface area contributed by atoms with Gasteiger partial charge in [-0.1, -0.05) is 0 Å². The van der Waals surface area contributed by atoms with Gasteiger partial charge >= 0.3 is 0 Å². The molecule has 2 atom stereocenters. The lowest BCUT2D eigenvalue weighted by Gasteiger charge is -2.26. The number of nitrogens with zero attached hydrogens (tertiary/aromatic N) is 1. The highest BCUT2D eigenvalue weighted by molar-refractivity contribution is 8.00. The van der Waals surface area contributed by atoms with Crippen molar-refractivity contribution in [3.05, 3.63) is 30.1 Å². The molecule has 3 rings (SSSR count). The van der Waals surface area contributed by atoms with Crippen molar-refractivity contribution in [2.24, 2.45) is 0 Å². The average molecular weight is 367 g/mol. The number of rotatable bonds is 7. The summed E-state index contributed by atoms with van der Waals surface area (Å²) in [5, 5.41) is 6.67. The Balaban J connectivity index is 1.32. The third kappa shape index (κ3) is 5.95. The SMILES string of the molecule is O=C(NCCCN1CCOCC1)[C@@H]1C[C@H](Sc2ccc(F)cc2)CN1. The van der Waals surface area contributed by atoms with Gasteiger partial charge in [0.25, 0.3) is 0 Å². The predicted molar refractivity (Wildman–Crippen MR) is 97.3 cm³/mol. The van der Waals surface area contributed by atoms with Gasteiger partial charge in [-0.05, 0) is 43.7 Å². The number of halogens is 1. The molecular weight excluding hydrogens is 341 g/mol. The van der Waals surface area contributed by atoms with Crippen LogP contribution in [-0.4, -0.2) is 68.0 Å². The lowest BCUT2D eigenvalue weighted by atomic mass is 10.2. The highest BCUT2D eigenvalue weighted by atomic mass is 32.2. The van der Waals surface area contributed by atoms with E-state index in [1.165, 1.54) is 12.1 Å². The minimum atomic E-state index is -0.219. The molecule has 0 bridgehead atoms. The maximum absolute atomic E-state index is 13.0. The molecule has 2 aliphatic rings. The lowest BCUT2D eigenvalue weighted by molar-refractivity contribution is -0.122. The molecule has 1 amide bonds. The number of morpholine rings is 1. The summed E-state index contributed by atoms with van der Waals surface area (Å²) in [5.41, 5.74) is 0. The molecule has 0 saturated carbocycles. The number of ether oxygens (including phenoxy) is 1. The Bertz CT molecular complexity index is 552. The topological polar surface area (TPSA) is 53.6 Å². The van der Waals surface area contributed by atoms with Gasteiger partial charge in [0.1, 0.15) is 5.82 Å². The van der Waals surface area contributed by atoms with E-state index in [1.54, 1.807) is 23.9 Å². The third-order valence-electron chi connectivity index (χ3n) is 4.58. The summed E-state index contributed by atoms with van der Waals surface area (Å²) >= 11 is 1.70. The second-order valence-corrected chi connectivity index (χ2v) is 7.86. The molecular formula is C18H26FN3O2S. The van der Waals surface area contributed by atoms with Crippen LogP contribution in [0.25, 0.3) is 0 Å². The summed E-state index contributed by atoms with van der Waals surface area (Å²) < 4.78 is 18.3. The number of nitrogens with one attached hydrogen (secondary N) is 2. The van der Waals surface area contributed by atoms with E-state index in [4.69, 9.17) is 4.74 Å². The van der Waals surface area contributed by atoms with Gasteiger partial charge in [-0.2, -0.15) is 0 Å². The zero-order valence-corrected chi connectivity index (χ0v) is 15.2. The van der Waals surface area contributed by atoms with Crippen molar-refractivity contribution in [1.82, 2.24) is 15.5 Å². The molecule has 2 N–H and O–H groups in total. The van der Waals surface area contributed by atoms with Crippen LogP contribution < -0.4 is 10.6 Å². The summed E-state index contributed by atoms with van der Waals surface area (Å²) in [6.07, 6.45) is 1.77. The van der Waals surface area contributed by atoms with Crippen molar-refractivity contribution < 1.29 is 13.9 Å². The van der Waals surface area contributed by atoms with Gasteiger partial charge in [-0.25, -0.2) is 4.39 Å². The van der Waals surface area contributed by atoms with Crippen LogP contribution in [0.5, 0.6) is 0 Å². The van der Waals surface area contributed by atoms with Crippen molar-refractivity contribution in [2.45, 2.75) is 29.0 Å². The number of amides is 1. The Kier molecular flexibility index (Phi) is 7.10. The second kappa shape index (κ2) is 9.52. The molecule has 0 unspecified atom stereocenters. The van der Waals surface area contributed by atoms with Crippen molar-refractivity contribution in [3.8, 4) is 0 Å². The Morgan fingerprint density at radius 2 is 2.08 bits per heavy atom. The quantitative estimate of drug-likeness (QED) is 0.715. The lowest BCUT2D eigenvalue weighted by Crippen LogP contribution is -2.42. The van der Waals surface area contributed by atoms with Gasteiger partial charge in [0, 0.05) is 36.3 Å². The standard InChI is InChI=1S/C18H26FN3O2S/c19-14-2-4-15(5-3-14)25-16-12-17(21-13-16)18(23)20-6-1-7-22-8-10-24-11-9-22/h2-5,16-17,21H,1,6-13H2,(H,20,23)/t16-,17-/m0/s1. The van der Waals surface area contributed by atoms with Crippen molar-refractivity contribution in [2.75, 3.05) is 45.9 Å². The van der Waals surface area contributed by atoms with Crippen molar-refractivity contribution in [3.63, 3.8) is 0 Å². The zero-order valence-electron chi connectivity index (χ0n) is 14.4. The van der Waals surface area contributed by atoms with E-state index in [-0.39, 0.29) is 17.8 Å². The number of hydrogen-bond acceptors (Lipinski definition) is 5. The van der Waals surface area contributed by atoms with Gasteiger partial charge < -0.3 is 15.4 Å². The van der Waals surface area contributed by atoms with Crippen LogP contribution in [0.2, 0.25) is 0 Å². The molecule has 5 nitrogen and oxygen atoms in total. The highest BCUT2D eigenvalue weighted by Crippen LogP contribution is 2.28. The Labute approximate surface area is 152 Å². The number of benzene rings is 1. The molecule has 138 valence electrons. The molecule has 0 aromatic heterocycles. The summed E-state index contributed by atoms with van der Waals surface area (Å²) in [4.78, 5) is 15.7. The van der Waals surface area contributed by atoms with Gasteiger partial charge in [0.05, 0.1) is 19.3 Å². The van der Waals surface area contributed by atoms with Crippen LogP contribution in [0, 0.1) is 5.82 Å². The molecule has 7 heteroatoms.